The van der Waals surface area contributed by atoms with Crippen LogP contribution >= 0.6 is 0 Å². The second-order valence-corrected chi connectivity index (χ2v) is 10.2. The lowest BCUT2D eigenvalue weighted by molar-refractivity contribution is -0.385. The number of aliphatic carboxylic acids is 1. The van der Waals surface area contributed by atoms with Crippen molar-refractivity contribution in [3.05, 3.63) is 34.4 Å². The zero-order chi connectivity index (χ0) is 24.3. The molecule has 1 saturated heterocycles. The summed E-state index contributed by atoms with van der Waals surface area (Å²) >= 11 is 0. The minimum atomic E-state index is -4.18. The van der Waals surface area contributed by atoms with Crippen LogP contribution in [-0.4, -0.2) is 61.2 Å². The van der Waals surface area contributed by atoms with Crippen LogP contribution in [0.15, 0.2) is 29.2 Å². The molecular weight excluding hydrogens is 456 g/mol. The lowest BCUT2D eigenvalue weighted by Crippen LogP contribution is -2.60. The zero-order valence-electron chi connectivity index (χ0n) is 18.5. The average molecular weight is 485 g/mol. The van der Waals surface area contributed by atoms with E-state index in [9.17, 15) is 33.2 Å². The van der Waals surface area contributed by atoms with Crippen LogP contribution in [0.1, 0.15) is 39.0 Å². The number of rotatable bonds is 7. The largest absolute Gasteiger partial charge is 0.480 e. The molecule has 0 aromatic heterocycles. The number of carboxylic acid groups (broad SMARTS) is 1. The molecule has 0 radical (unpaired) electrons. The molecule has 1 N–H and O–H groups in total. The van der Waals surface area contributed by atoms with Crippen LogP contribution in [0.25, 0.3) is 0 Å². The zero-order valence-corrected chi connectivity index (χ0v) is 19.3. The summed E-state index contributed by atoms with van der Waals surface area (Å²) in [5, 5.41) is 20.6. The molecular formula is C21H28N2O9S. The van der Waals surface area contributed by atoms with E-state index in [4.69, 9.17) is 8.92 Å². The van der Waals surface area contributed by atoms with E-state index in [2.05, 4.69) is 0 Å². The lowest BCUT2D eigenvalue weighted by Gasteiger charge is -2.50. The summed E-state index contributed by atoms with van der Waals surface area (Å²) in [7, 11) is -2.94. The maximum absolute atomic E-state index is 12.5. The minimum absolute atomic E-state index is 0.000164. The van der Waals surface area contributed by atoms with Crippen LogP contribution < -0.4 is 0 Å². The van der Waals surface area contributed by atoms with Gasteiger partial charge in [-0.15, -0.1) is 0 Å². The average Bonchev–Trinajstić information content (AvgIpc) is 2.80. The normalized spacial score (nSPS) is 27.5. The molecule has 0 spiro atoms. The van der Waals surface area contributed by atoms with Gasteiger partial charge in [0.25, 0.3) is 15.8 Å². The van der Waals surface area contributed by atoms with Gasteiger partial charge >= 0.3 is 12.1 Å². The summed E-state index contributed by atoms with van der Waals surface area (Å²) in [5.74, 6) is -1.12. The molecule has 2 fully saturated rings. The van der Waals surface area contributed by atoms with Gasteiger partial charge in [-0.1, -0.05) is 13.0 Å². The monoisotopic (exact) mass is 484 g/mol. The van der Waals surface area contributed by atoms with Crippen LogP contribution in [0.5, 0.6) is 0 Å². The maximum Gasteiger partial charge on any atom is 0.410 e. The summed E-state index contributed by atoms with van der Waals surface area (Å²) in [6.45, 7) is 1.81. The molecule has 1 amide bonds. The summed E-state index contributed by atoms with van der Waals surface area (Å²) in [6.07, 6.45) is 2.14. The van der Waals surface area contributed by atoms with Crippen molar-refractivity contribution < 1.29 is 37.0 Å². The van der Waals surface area contributed by atoms with E-state index >= 15 is 0 Å². The third-order valence-corrected chi connectivity index (χ3v) is 8.01. The van der Waals surface area contributed by atoms with Crippen molar-refractivity contribution in [2.75, 3.05) is 13.7 Å². The fourth-order valence-electron chi connectivity index (χ4n) is 5.25. The van der Waals surface area contributed by atoms with E-state index in [0.29, 0.717) is 25.7 Å². The van der Waals surface area contributed by atoms with Crippen molar-refractivity contribution in [1.29, 1.82) is 0 Å². The Kier molecular flexibility index (Phi) is 7.58. The van der Waals surface area contributed by atoms with Crippen molar-refractivity contribution in [1.82, 2.24) is 4.90 Å². The number of hydrogen-bond acceptors (Lipinski definition) is 8. The number of nitrogens with zero attached hydrogens (tertiary/aromatic N) is 2. The summed E-state index contributed by atoms with van der Waals surface area (Å²) in [6, 6.07) is 3.41. The number of carbonyl (C=O) groups excluding carboxylic acids is 1. The van der Waals surface area contributed by atoms with Crippen LogP contribution in [0.3, 0.4) is 0 Å². The first kappa shape index (κ1) is 24.9. The number of amides is 1. The van der Waals surface area contributed by atoms with Crippen LogP contribution in [0.2, 0.25) is 0 Å². The number of fused-ring (bicyclic) bond motifs is 1. The molecule has 0 bridgehead atoms. The molecule has 1 aromatic rings. The first-order valence-corrected chi connectivity index (χ1v) is 12.2. The highest BCUT2D eigenvalue weighted by atomic mass is 32.2. The topological polar surface area (TPSA) is 153 Å². The summed E-state index contributed by atoms with van der Waals surface area (Å²) in [5.41, 5.74) is -0.345. The molecule has 2 aliphatic rings. The van der Waals surface area contributed by atoms with Crippen molar-refractivity contribution in [3.63, 3.8) is 0 Å². The van der Waals surface area contributed by atoms with Gasteiger partial charge in [0.15, 0.2) is 0 Å². The molecule has 1 saturated carbocycles. The SMILES string of the molecule is CCC1[C@@H]2CC[C@H](COS(=O)(=O)c3cccc([N+](=O)[O-])c3)C[C@@H]2C[C@@H](C(=O)O)N1C(=O)OC. The number of carboxylic acids is 1. The van der Waals surface area contributed by atoms with Gasteiger partial charge in [0.1, 0.15) is 10.9 Å². The Balaban J connectivity index is 1.70. The van der Waals surface area contributed by atoms with E-state index in [-0.39, 0.29) is 47.4 Å². The van der Waals surface area contributed by atoms with Gasteiger partial charge in [0.05, 0.1) is 18.6 Å². The third kappa shape index (κ3) is 5.27. The number of likely N-dealkylation sites (tertiary alicyclic amines) is 1. The number of nitro groups is 1. The number of nitro benzene ring substituents is 1. The van der Waals surface area contributed by atoms with Crippen LogP contribution in [0, 0.1) is 27.9 Å². The van der Waals surface area contributed by atoms with Crippen molar-refractivity contribution in [3.8, 4) is 0 Å². The second kappa shape index (κ2) is 10.0. The van der Waals surface area contributed by atoms with Crippen molar-refractivity contribution in [2.24, 2.45) is 17.8 Å². The number of non-ortho nitro benzene ring substituents is 1. The van der Waals surface area contributed by atoms with E-state index in [1.807, 2.05) is 6.92 Å². The van der Waals surface area contributed by atoms with Gasteiger partial charge < -0.3 is 9.84 Å². The van der Waals surface area contributed by atoms with Crippen LogP contribution in [0.4, 0.5) is 10.5 Å². The Morgan fingerprint density at radius 3 is 2.61 bits per heavy atom. The Hall–Kier alpha value is -2.73. The Bertz CT molecular complexity index is 1010. The van der Waals surface area contributed by atoms with Gasteiger partial charge in [-0.2, -0.15) is 8.42 Å². The minimum Gasteiger partial charge on any atom is -0.480 e. The van der Waals surface area contributed by atoms with Gasteiger partial charge in [-0.3, -0.25) is 19.2 Å². The molecule has 1 unspecified atom stereocenters. The van der Waals surface area contributed by atoms with Gasteiger partial charge in [0.2, 0.25) is 0 Å². The first-order chi connectivity index (χ1) is 15.6. The highest BCUT2D eigenvalue weighted by Crippen LogP contribution is 2.45. The molecule has 3 rings (SSSR count). The molecule has 1 aromatic carbocycles. The van der Waals surface area contributed by atoms with E-state index in [1.165, 1.54) is 30.2 Å². The predicted molar refractivity (Wildman–Crippen MR) is 115 cm³/mol. The molecule has 182 valence electrons. The lowest BCUT2D eigenvalue weighted by atomic mass is 9.65. The highest BCUT2D eigenvalue weighted by molar-refractivity contribution is 7.86. The summed E-state index contributed by atoms with van der Waals surface area (Å²) < 4.78 is 35.1. The number of hydrogen-bond donors (Lipinski definition) is 1. The predicted octanol–water partition coefficient (Wildman–Crippen LogP) is 3.04. The van der Waals surface area contributed by atoms with Crippen molar-refractivity contribution >= 4 is 27.9 Å². The van der Waals surface area contributed by atoms with Crippen LogP contribution in [-0.2, 0) is 23.8 Å². The number of carbonyl (C=O) groups is 2. The summed E-state index contributed by atoms with van der Waals surface area (Å²) in [4.78, 5) is 35.5. The molecule has 11 nitrogen and oxygen atoms in total. The maximum atomic E-state index is 12.5. The molecule has 12 heteroatoms. The molecule has 1 heterocycles. The standard InChI is InChI=1S/C21H28N2O9S/c1-3-18-17-8-7-13(9-14(17)10-19(20(24)25)22(18)21(26)31-2)12-32-33(29,30)16-6-4-5-15(11-16)23(27)28/h4-6,11,13-14,17-19H,3,7-10,12H2,1-2H3,(H,24,25)/t13-,14+,17+,18?,19-/m0/s1. The van der Waals surface area contributed by atoms with E-state index < -0.39 is 33.1 Å². The fourth-order valence-corrected chi connectivity index (χ4v) is 6.26. The number of ether oxygens (including phenoxy) is 1. The van der Waals surface area contributed by atoms with Crippen molar-refractivity contribution in [2.45, 2.75) is 56.0 Å². The Morgan fingerprint density at radius 1 is 1.27 bits per heavy atom. The van der Waals surface area contributed by atoms with Gasteiger partial charge in [-0.25, -0.2) is 9.59 Å². The van der Waals surface area contributed by atoms with Gasteiger partial charge in [-0.05, 0) is 55.9 Å². The number of methoxy groups -OCH3 is 1. The number of benzene rings is 1. The second-order valence-electron chi connectivity index (χ2n) is 8.54. The third-order valence-electron chi connectivity index (χ3n) is 6.73. The molecule has 33 heavy (non-hydrogen) atoms. The smallest absolute Gasteiger partial charge is 0.410 e. The van der Waals surface area contributed by atoms with Gasteiger partial charge in [0, 0.05) is 18.2 Å². The van der Waals surface area contributed by atoms with E-state index in [0.717, 1.165) is 6.07 Å². The first-order valence-electron chi connectivity index (χ1n) is 10.8. The molecule has 5 atom stereocenters. The quantitative estimate of drug-likeness (QED) is 0.349. The Morgan fingerprint density at radius 2 is 2.00 bits per heavy atom. The fraction of sp³-hybridized carbons (Fsp3) is 0.619. The number of piperidine rings is 1. The highest BCUT2D eigenvalue weighted by Gasteiger charge is 2.49. The Labute approximate surface area is 191 Å². The molecule has 1 aliphatic heterocycles. The van der Waals surface area contributed by atoms with E-state index in [1.54, 1.807) is 0 Å². The molecule has 1 aliphatic carbocycles.